The van der Waals surface area contributed by atoms with E-state index in [4.69, 9.17) is 5.73 Å². The minimum Gasteiger partial charge on any atom is -0.396 e. The summed E-state index contributed by atoms with van der Waals surface area (Å²) in [5, 5.41) is 0.943. The molecule has 3 rings (SSSR count). The molecule has 0 bridgehead atoms. The number of nitrogen functional groups attached to an aromatic ring is 1. The smallest absolute Gasteiger partial charge is 0.153 e. The summed E-state index contributed by atoms with van der Waals surface area (Å²) in [6, 6.07) is 5.82. The number of nitrogens with two attached hydrogens (primary N) is 1. The monoisotopic (exact) mass is 355 g/mol. The molecule has 0 amide bonds. The van der Waals surface area contributed by atoms with E-state index in [1.54, 1.807) is 6.20 Å². The van der Waals surface area contributed by atoms with Crippen LogP contribution in [0.4, 0.5) is 11.4 Å². The Balaban J connectivity index is 2.11. The number of nitrogens with zero attached hydrogens (tertiary/aromatic N) is 2. The molecule has 0 radical (unpaired) electrons. The van der Waals surface area contributed by atoms with Gasteiger partial charge in [0, 0.05) is 22.9 Å². The van der Waals surface area contributed by atoms with Crippen molar-refractivity contribution in [2.24, 2.45) is 0 Å². The van der Waals surface area contributed by atoms with Crippen LogP contribution in [0.25, 0.3) is 10.9 Å². The zero-order valence-corrected chi connectivity index (χ0v) is 13.1. The van der Waals surface area contributed by atoms with Gasteiger partial charge < -0.3 is 10.6 Å². The third kappa shape index (κ3) is 2.47. The van der Waals surface area contributed by atoms with Gasteiger partial charge >= 0.3 is 0 Å². The lowest BCUT2D eigenvalue weighted by atomic mass is 10.1. The number of sulfone groups is 1. The molecule has 0 unspecified atom stereocenters. The summed E-state index contributed by atoms with van der Waals surface area (Å²) in [6.45, 7) is 0.941. The van der Waals surface area contributed by atoms with Crippen LogP contribution in [0.1, 0.15) is 0 Å². The summed E-state index contributed by atoms with van der Waals surface area (Å²) in [6.07, 6.45) is 1.63. The number of aromatic nitrogens is 1. The highest BCUT2D eigenvalue weighted by atomic mass is 79.9. The van der Waals surface area contributed by atoms with Crippen LogP contribution < -0.4 is 10.6 Å². The van der Waals surface area contributed by atoms with Crippen LogP contribution in [0.3, 0.4) is 0 Å². The van der Waals surface area contributed by atoms with Crippen molar-refractivity contribution in [1.82, 2.24) is 4.98 Å². The van der Waals surface area contributed by atoms with E-state index < -0.39 is 9.84 Å². The number of hydrogen-bond acceptors (Lipinski definition) is 5. The fourth-order valence-corrected chi connectivity index (χ4v) is 4.02. The van der Waals surface area contributed by atoms with Crippen LogP contribution in [0.2, 0.25) is 0 Å². The molecule has 0 atom stereocenters. The maximum Gasteiger partial charge on any atom is 0.153 e. The molecule has 2 aromatic rings. The lowest BCUT2D eigenvalue weighted by Crippen LogP contribution is -2.40. The molecule has 2 heterocycles. The molecule has 1 saturated heterocycles. The van der Waals surface area contributed by atoms with E-state index >= 15 is 0 Å². The SMILES string of the molecule is Nc1cnc2ccc(Br)cc2c1N1CCS(=O)(=O)CC1. The average molecular weight is 356 g/mol. The molecule has 1 aromatic heterocycles. The van der Waals surface area contributed by atoms with Gasteiger partial charge in [-0.1, -0.05) is 15.9 Å². The average Bonchev–Trinajstić information content (AvgIpc) is 2.39. The van der Waals surface area contributed by atoms with E-state index in [-0.39, 0.29) is 11.5 Å². The predicted octanol–water partition coefficient (Wildman–Crippen LogP) is 1.81. The van der Waals surface area contributed by atoms with Gasteiger partial charge in [-0.2, -0.15) is 0 Å². The van der Waals surface area contributed by atoms with Crippen molar-refractivity contribution in [3.05, 3.63) is 28.9 Å². The summed E-state index contributed by atoms with van der Waals surface area (Å²) < 4.78 is 24.1. The number of benzene rings is 1. The quantitative estimate of drug-likeness (QED) is 0.844. The van der Waals surface area contributed by atoms with Crippen LogP contribution in [0, 0.1) is 0 Å². The Labute approximate surface area is 125 Å². The number of anilines is 2. The Morgan fingerprint density at radius 3 is 2.65 bits per heavy atom. The van der Waals surface area contributed by atoms with Gasteiger partial charge in [0.2, 0.25) is 0 Å². The van der Waals surface area contributed by atoms with Gasteiger partial charge in [0.05, 0.1) is 34.6 Å². The fourth-order valence-electron chi connectivity index (χ4n) is 2.46. The number of pyridine rings is 1. The second kappa shape index (κ2) is 4.89. The molecule has 1 aliphatic rings. The highest BCUT2D eigenvalue weighted by Gasteiger charge is 2.24. The van der Waals surface area contributed by atoms with Crippen molar-refractivity contribution in [2.75, 3.05) is 35.2 Å². The molecule has 5 nitrogen and oxygen atoms in total. The zero-order valence-electron chi connectivity index (χ0n) is 10.7. The van der Waals surface area contributed by atoms with Crippen LogP contribution in [-0.2, 0) is 9.84 Å². The van der Waals surface area contributed by atoms with Crippen molar-refractivity contribution in [1.29, 1.82) is 0 Å². The molecular formula is C13H14BrN3O2S. The van der Waals surface area contributed by atoms with Gasteiger partial charge in [0.25, 0.3) is 0 Å². The second-order valence-corrected chi connectivity index (χ2v) is 8.08. The van der Waals surface area contributed by atoms with E-state index in [0.717, 1.165) is 21.1 Å². The second-order valence-electron chi connectivity index (χ2n) is 4.86. The number of hydrogen-bond donors (Lipinski definition) is 1. The molecule has 1 aromatic carbocycles. The van der Waals surface area contributed by atoms with Crippen LogP contribution >= 0.6 is 15.9 Å². The predicted molar refractivity (Wildman–Crippen MR) is 84.7 cm³/mol. The lowest BCUT2D eigenvalue weighted by Gasteiger charge is -2.30. The highest BCUT2D eigenvalue weighted by Crippen LogP contribution is 2.33. The standard InChI is InChI=1S/C13H14BrN3O2S/c14-9-1-2-12-10(7-9)13(11(15)8-16-12)17-3-5-20(18,19)6-4-17/h1-2,7-8H,3-6,15H2. The molecule has 1 fully saturated rings. The van der Waals surface area contributed by atoms with Crippen LogP contribution in [0.5, 0.6) is 0 Å². The maximum absolute atomic E-state index is 11.6. The van der Waals surface area contributed by atoms with Crippen molar-refractivity contribution in [2.45, 2.75) is 0 Å². The van der Waals surface area contributed by atoms with Crippen molar-refractivity contribution >= 4 is 48.0 Å². The van der Waals surface area contributed by atoms with Crippen LogP contribution in [-0.4, -0.2) is 38.0 Å². The van der Waals surface area contributed by atoms with Gasteiger partial charge in [-0.25, -0.2) is 8.42 Å². The van der Waals surface area contributed by atoms with Gasteiger partial charge in [0.1, 0.15) is 0 Å². The first-order valence-electron chi connectivity index (χ1n) is 6.25. The van der Waals surface area contributed by atoms with Crippen molar-refractivity contribution in [3.63, 3.8) is 0 Å². The fraction of sp³-hybridized carbons (Fsp3) is 0.308. The molecular weight excluding hydrogens is 342 g/mol. The lowest BCUT2D eigenvalue weighted by molar-refractivity contribution is 0.587. The minimum atomic E-state index is -2.91. The largest absolute Gasteiger partial charge is 0.396 e. The van der Waals surface area contributed by atoms with Gasteiger partial charge in [-0.05, 0) is 18.2 Å². The normalized spacial score (nSPS) is 18.4. The third-order valence-electron chi connectivity index (χ3n) is 3.49. The van der Waals surface area contributed by atoms with Crippen molar-refractivity contribution < 1.29 is 8.42 Å². The van der Waals surface area contributed by atoms with E-state index in [1.807, 2.05) is 23.1 Å². The van der Waals surface area contributed by atoms with E-state index in [1.165, 1.54) is 0 Å². The molecule has 106 valence electrons. The maximum atomic E-state index is 11.6. The van der Waals surface area contributed by atoms with Gasteiger partial charge in [-0.3, -0.25) is 4.98 Å². The summed E-state index contributed by atoms with van der Waals surface area (Å²) in [5.41, 5.74) is 8.38. The Hall–Kier alpha value is -1.34. The molecule has 7 heteroatoms. The molecule has 0 aliphatic carbocycles. The summed E-state index contributed by atoms with van der Waals surface area (Å²) in [4.78, 5) is 6.35. The number of fused-ring (bicyclic) bond motifs is 1. The first kappa shape index (κ1) is 13.6. The first-order valence-corrected chi connectivity index (χ1v) is 8.87. The molecule has 0 spiro atoms. The van der Waals surface area contributed by atoms with Gasteiger partial charge in [0.15, 0.2) is 9.84 Å². The topological polar surface area (TPSA) is 76.3 Å². The minimum absolute atomic E-state index is 0.171. The highest BCUT2D eigenvalue weighted by molar-refractivity contribution is 9.10. The summed E-state index contributed by atoms with van der Waals surface area (Å²) in [7, 11) is -2.91. The third-order valence-corrected chi connectivity index (χ3v) is 5.59. The van der Waals surface area contributed by atoms with E-state index in [9.17, 15) is 8.42 Å². The number of halogens is 1. The first-order chi connectivity index (χ1) is 9.46. The van der Waals surface area contributed by atoms with E-state index in [2.05, 4.69) is 20.9 Å². The molecule has 1 aliphatic heterocycles. The Morgan fingerprint density at radius 2 is 1.95 bits per heavy atom. The van der Waals surface area contributed by atoms with E-state index in [0.29, 0.717) is 18.8 Å². The van der Waals surface area contributed by atoms with Crippen molar-refractivity contribution in [3.8, 4) is 0 Å². The Kier molecular flexibility index (Phi) is 3.33. The molecule has 20 heavy (non-hydrogen) atoms. The van der Waals surface area contributed by atoms with Crippen LogP contribution in [0.15, 0.2) is 28.9 Å². The molecule has 2 N–H and O–H groups in total. The zero-order chi connectivity index (χ0) is 14.3. The van der Waals surface area contributed by atoms with Gasteiger partial charge in [-0.15, -0.1) is 0 Å². The Morgan fingerprint density at radius 1 is 1.25 bits per heavy atom. The molecule has 0 saturated carbocycles. The number of rotatable bonds is 1. The summed E-state index contributed by atoms with van der Waals surface area (Å²) in [5.74, 6) is 0.342. The summed E-state index contributed by atoms with van der Waals surface area (Å²) >= 11 is 3.45. The Bertz CT molecular complexity index is 757.